The van der Waals surface area contributed by atoms with Crippen LogP contribution in [-0.2, 0) is 16.0 Å². The van der Waals surface area contributed by atoms with Crippen molar-refractivity contribution < 1.29 is 14.3 Å². The number of amides is 2. The summed E-state index contributed by atoms with van der Waals surface area (Å²) in [6, 6.07) is 17.1. The van der Waals surface area contributed by atoms with Gasteiger partial charge in [0, 0.05) is 30.6 Å². The average Bonchev–Trinajstić information content (AvgIpc) is 3.35. The Morgan fingerprint density at radius 3 is 2.72 bits per heavy atom. The molecular formula is C21H20N4O3S. The summed E-state index contributed by atoms with van der Waals surface area (Å²) in [6.45, 7) is 0.363. The van der Waals surface area contributed by atoms with Crippen LogP contribution >= 0.6 is 11.3 Å². The van der Waals surface area contributed by atoms with Gasteiger partial charge in [0.15, 0.2) is 0 Å². The molecule has 2 heterocycles. The molecule has 0 unspecified atom stereocenters. The number of hydrogen-bond donors (Lipinski definition) is 1. The quantitative estimate of drug-likeness (QED) is 0.677. The molecule has 1 fully saturated rings. The third-order valence-electron chi connectivity index (χ3n) is 4.79. The Bertz CT molecular complexity index is 1020. The predicted molar refractivity (Wildman–Crippen MR) is 111 cm³/mol. The summed E-state index contributed by atoms with van der Waals surface area (Å²) in [6.07, 6.45) is 0.759. The van der Waals surface area contributed by atoms with Crippen molar-refractivity contribution in [1.82, 2.24) is 10.2 Å². The largest absolute Gasteiger partial charge is 0.496 e. The van der Waals surface area contributed by atoms with Gasteiger partial charge in [-0.05, 0) is 18.2 Å². The number of nitrogens with one attached hydrogen (secondary N) is 1. The van der Waals surface area contributed by atoms with Crippen LogP contribution in [0.1, 0.15) is 17.0 Å². The third kappa shape index (κ3) is 4.27. The molecule has 4 rings (SSSR count). The van der Waals surface area contributed by atoms with Gasteiger partial charge in [0.1, 0.15) is 10.8 Å². The van der Waals surface area contributed by atoms with Crippen molar-refractivity contribution in [2.24, 2.45) is 5.92 Å². The van der Waals surface area contributed by atoms with E-state index in [4.69, 9.17) is 4.74 Å². The van der Waals surface area contributed by atoms with E-state index in [2.05, 4.69) is 15.5 Å². The number of ether oxygens (including phenoxy) is 1. The molecule has 1 aliphatic heterocycles. The van der Waals surface area contributed by atoms with E-state index in [1.54, 1.807) is 12.0 Å². The molecule has 8 heteroatoms. The smallest absolute Gasteiger partial charge is 0.231 e. The fourth-order valence-electron chi connectivity index (χ4n) is 3.34. The normalized spacial score (nSPS) is 16.1. The van der Waals surface area contributed by atoms with Crippen LogP contribution in [0.25, 0.3) is 0 Å². The first-order valence-electron chi connectivity index (χ1n) is 9.24. The van der Waals surface area contributed by atoms with Crippen molar-refractivity contribution in [3.8, 4) is 5.75 Å². The lowest BCUT2D eigenvalue weighted by molar-refractivity contribution is -0.122. The summed E-state index contributed by atoms with van der Waals surface area (Å²) in [7, 11) is 1.63. The molecule has 3 aromatic rings. The van der Waals surface area contributed by atoms with Gasteiger partial charge in [-0.2, -0.15) is 0 Å². The van der Waals surface area contributed by atoms with Crippen LogP contribution in [0.3, 0.4) is 0 Å². The summed E-state index contributed by atoms with van der Waals surface area (Å²) >= 11 is 1.32. The number of hydrogen-bond acceptors (Lipinski definition) is 6. The molecule has 2 amide bonds. The van der Waals surface area contributed by atoms with Gasteiger partial charge in [0.2, 0.25) is 16.9 Å². The second kappa shape index (κ2) is 8.40. The lowest BCUT2D eigenvalue weighted by Crippen LogP contribution is -2.28. The summed E-state index contributed by atoms with van der Waals surface area (Å²) < 4.78 is 5.36. The third-order valence-corrected chi connectivity index (χ3v) is 5.63. The van der Waals surface area contributed by atoms with Gasteiger partial charge in [0.05, 0.1) is 13.0 Å². The molecule has 1 atom stereocenters. The first-order chi connectivity index (χ1) is 14.1. The SMILES string of the molecule is COc1ccccc1Cc1nnc(NC(=O)[C@H]2CC(=O)N(c3ccccc3)C2)s1. The van der Waals surface area contributed by atoms with Crippen LogP contribution < -0.4 is 15.0 Å². The first kappa shape index (κ1) is 19.1. The molecule has 7 nitrogen and oxygen atoms in total. The Morgan fingerprint density at radius 2 is 1.93 bits per heavy atom. The number of carbonyl (C=O) groups excluding carboxylic acids is 2. The highest BCUT2D eigenvalue weighted by Crippen LogP contribution is 2.27. The Kier molecular flexibility index (Phi) is 5.53. The number of methoxy groups -OCH3 is 1. The zero-order chi connectivity index (χ0) is 20.2. The topological polar surface area (TPSA) is 84.4 Å². The summed E-state index contributed by atoms with van der Waals surface area (Å²) in [4.78, 5) is 26.6. The van der Waals surface area contributed by atoms with Crippen LogP contribution in [0.5, 0.6) is 5.75 Å². The second-order valence-corrected chi connectivity index (χ2v) is 7.78. The van der Waals surface area contributed by atoms with E-state index in [9.17, 15) is 9.59 Å². The summed E-state index contributed by atoms with van der Waals surface area (Å²) in [5, 5.41) is 12.3. The zero-order valence-electron chi connectivity index (χ0n) is 15.9. The Hall–Kier alpha value is -3.26. The van der Waals surface area contributed by atoms with Crippen molar-refractivity contribution >= 4 is 34.0 Å². The minimum Gasteiger partial charge on any atom is -0.496 e. The van der Waals surface area contributed by atoms with Crippen LogP contribution in [-0.4, -0.2) is 35.7 Å². The Labute approximate surface area is 172 Å². The van der Waals surface area contributed by atoms with Gasteiger partial charge in [-0.1, -0.05) is 47.7 Å². The van der Waals surface area contributed by atoms with Gasteiger partial charge < -0.3 is 15.0 Å². The molecule has 1 aliphatic rings. The number of para-hydroxylation sites is 2. The number of rotatable bonds is 6. The molecule has 148 valence electrons. The van der Waals surface area contributed by atoms with Crippen LogP contribution in [0.15, 0.2) is 54.6 Å². The molecule has 0 saturated carbocycles. The maximum atomic E-state index is 12.6. The van der Waals surface area contributed by atoms with E-state index in [1.165, 1.54) is 11.3 Å². The molecule has 1 saturated heterocycles. The zero-order valence-corrected chi connectivity index (χ0v) is 16.7. The fraction of sp³-hybridized carbons (Fsp3) is 0.238. The van der Waals surface area contributed by atoms with E-state index in [-0.39, 0.29) is 18.2 Å². The van der Waals surface area contributed by atoms with Gasteiger partial charge in [-0.3, -0.25) is 9.59 Å². The highest BCUT2D eigenvalue weighted by Gasteiger charge is 2.35. The summed E-state index contributed by atoms with van der Waals surface area (Å²) in [5.41, 5.74) is 1.81. The lowest BCUT2D eigenvalue weighted by Gasteiger charge is -2.16. The van der Waals surface area contributed by atoms with Crippen molar-refractivity contribution in [1.29, 1.82) is 0 Å². The van der Waals surface area contributed by atoms with E-state index in [1.807, 2.05) is 54.6 Å². The molecule has 2 aromatic carbocycles. The molecule has 0 bridgehead atoms. The Morgan fingerprint density at radius 1 is 1.17 bits per heavy atom. The first-order valence-corrected chi connectivity index (χ1v) is 10.1. The molecule has 1 aromatic heterocycles. The minimum atomic E-state index is -0.413. The van der Waals surface area contributed by atoms with Crippen LogP contribution in [0, 0.1) is 5.92 Å². The van der Waals surface area contributed by atoms with E-state index in [0.717, 1.165) is 22.0 Å². The van der Waals surface area contributed by atoms with Gasteiger partial charge in [0.25, 0.3) is 0 Å². The molecular weight excluding hydrogens is 388 g/mol. The molecule has 0 radical (unpaired) electrons. The van der Waals surface area contributed by atoms with E-state index < -0.39 is 5.92 Å². The number of carbonyl (C=O) groups is 2. The highest BCUT2D eigenvalue weighted by atomic mass is 32.1. The minimum absolute atomic E-state index is 0.0505. The average molecular weight is 408 g/mol. The van der Waals surface area contributed by atoms with Crippen LogP contribution in [0.4, 0.5) is 10.8 Å². The lowest BCUT2D eigenvalue weighted by atomic mass is 10.1. The van der Waals surface area contributed by atoms with Crippen molar-refractivity contribution in [2.75, 3.05) is 23.9 Å². The molecule has 1 N–H and O–H groups in total. The van der Waals surface area contributed by atoms with Crippen LogP contribution in [0.2, 0.25) is 0 Å². The maximum Gasteiger partial charge on any atom is 0.231 e. The highest BCUT2D eigenvalue weighted by molar-refractivity contribution is 7.15. The maximum absolute atomic E-state index is 12.6. The predicted octanol–water partition coefficient (Wildman–Crippen LogP) is 3.13. The van der Waals surface area contributed by atoms with Gasteiger partial charge >= 0.3 is 0 Å². The monoisotopic (exact) mass is 408 g/mol. The Balaban J connectivity index is 1.39. The van der Waals surface area contributed by atoms with Gasteiger partial charge in [-0.25, -0.2) is 0 Å². The van der Waals surface area contributed by atoms with E-state index in [0.29, 0.717) is 18.1 Å². The van der Waals surface area contributed by atoms with Crippen molar-refractivity contribution in [2.45, 2.75) is 12.8 Å². The summed E-state index contributed by atoms with van der Waals surface area (Å²) in [5.74, 6) is 0.116. The standard InChI is InChI=1S/C21H20N4O3S/c1-28-17-10-6-5-7-14(17)11-18-23-24-21(29-18)22-20(27)15-12-19(26)25(13-15)16-8-3-2-4-9-16/h2-10,15H,11-13H2,1H3,(H,22,24,27)/t15-/m0/s1. The molecule has 0 spiro atoms. The van der Waals surface area contributed by atoms with Gasteiger partial charge in [-0.15, -0.1) is 10.2 Å². The van der Waals surface area contributed by atoms with Crippen molar-refractivity contribution in [3.63, 3.8) is 0 Å². The second-order valence-electron chi connectivity index (χ2n) is 6.72. The number of anilines is 2. The molecule has 0 aliphatic carbocycles. The van der Waals surface area contributed by atoms with E-state index >= 15 is 0 Å². The number of benzene rings is 2. The van der Waals surface area contributed by atoms with Crippen molar-refractivity contribution in [3.05, 3.63) is 65.2 Å². The number of aromatic nitrogens is 2. The fourth-order valence-corrected chi connectivity index (χ4v) is 4.10. The number of nitrogens with zero attached hydrogens (tertiary/aromatic N) is 3. The molecule has 29 heavy (non-hydrogen) atoms.